The van der Waals surface area contributed by atoms with Gasteiger partial charge in [-0.25, -0.2) is 4.39 Å². The highest BCUT2D eigenvalue weighted by Gasteiger charge is 2.28. The van der Waals surface area contributed by atoms with Crippen LogP contribution >= 0.6 is 0 Å². The number of nitro groups is 1. The third-order valence-corrected chi connectivity index (χ3v) is 3.51. The van der Waals surface area contributed by atoms with Crippen LogP contribution in [0.3, 0.4) is 0 Å². The maximum Gasteiger partial charge on any atom is 0.308 e. The van der Waals surface area contributed by atoms with Gasteiger partial charge in [0.1, 0.15) is 5.82 Å². The molecule has 6 nitrogen and oxygen atoms in total. The first-order chi connectivity index (χ1) is 9.90. The number of halogens is 2. The van der Waals surface area contributed by atoms with Crippen LogP contribution in [-0.4, -0.2) is 28.1 Å². The zero-order chi connectivity index (χ0) is 15.6. The van der Waals surface area contributed by atoms with Gasteiger partial charge < -0.3 is 10.4 Å². The van der Waals surface area contributed by atoms with Gasteiger partial charge in [0.05, 0.1) is 28.7 Å². The molecule has 1 saturated carbocycles. The third-order valence-electron chi connectivity index (χ3n) is 3.51. The lowest BCUT2D eigenvalue weighted by Crippen LogP contribution is -2.45. The number of aliphatic hydroxyl groups is 1. The molecule has 2 N–H and O–H groups in total. The molecule has 0 aliphatic heterocycles. The molecule has 1 aliphatic carbocycles. The van der Waals surface area contributed by atoms with E-state index in [2.05, 4.69) is 5.32 Å². The topological polar surface area (TPSA) is 92.5 Å². The summed E-state index contributed by atoms with van der Waals surface area (Å²) in [5, 5.41) is 22.8. The number of carbonyl (C=O) groups excluding carboxylic acids is 1. The summed E-state index contributed by atoms with van der Waals surface area (Å²) < 4.78 is 27.2. The second-order valence-electron chi connectivity index (χ2n) is 4.98. The number of nitro benzene ring substituents is 1. The van der Waals surface area contributed by atoms with Crippen molar-refractivity contribution in [3.05, 3.63) is 39.4 Å². The Bertz CT molecular complexity index is 580. The zero-order valence-electron chi connectivity index (χ0n) is 11.0. The van der Waals surface area contributed by atoms with Crippen LogP contribution in [0.15, 0.2) is 12.1 Å². The van der Waals surface area contributed by atoms with Crippen LogP contribution in [-0.2, 0) is 0 Å². The average molecular weight is 300 g/mol. The summed E-state index contributed by atoms with van der Waals surface area (Å²) in [5.41, 5.74) is -1.83. The standard InChI is InChI=1S/C13H14F2N2O4/c14-7-5-8(12(15)10(6-7)17(20)21)13(19)16-9-3-1-2-4-11(9)18/h5-6,9,11,18H,1-4H2,(H,16,19)/t9-,11-/m0/s1. The minimum atomic E-state index is -1.39. The molecule has 1 aromatic carbocycles. The van der Waals surface area contributed by atoms with Crippen molar-refractivity contribution in [3.63, 3.8) is 0 Å². The van der Waals surface area contributed by atoms with Crippen LogP contribution in [0, 0.1) is 21.7 Å². The van der Waals surface area contributed by atoms with Gasteiger partial charge in [-0.05, 0) is 18.9 Å². The lowest BCUT2D eigenvalue weighted by molar-refractivity contribution is -0.387. The first kappa shape index (κ1) is 15.3. The third kappa shape index (κ3) is 3.33. The van der Waals surface area contributed by atoms with E-state index in [4.69, 9.17) is 0 Å². The normalized spacial score (nSPS) is 21.9. The largest absolute Gasteiger partial charge is 0.391 e. The number of amides is 1. The van der Waals surface area contributed by atoms with Gasteiger partial charge in [0, 0.05) is 0 Å². The second kappa shape index (κ2) is 6.13. The van der Waals surface area contributed by atoms with Crippen molar-refractivity contribution in [2.45, 2.75) is 37.8 Å². The molecule has 1 aliphatic rings. The average Bonchev–Trinajstić information content (AvgIpc) is 2.43. The highest BCUT2D eigenvalue weighted by atomic mass is 19.1. The molecule has 21 heavy (non-hydrogen) atoms. The lowest BCUT2D eigenvalue weighted by Gasteiger charge is -2.28. The van der Waals surface area contributed by atoms with E-state index in [1.807, 2.05) is 0 Å². The molecule has 1 aromatic rings. The Morgan fingerprint density at radius 3 is 2.62 bits per heavy atom. The van der Waals surface area contributed by atoms with Crippen LogP contribution in [0.25, 0.3) is 0 Å². The van der Waals surface area contributed by atoms with E-state index in [0.29, 0.717) is 25.0 Å². The van der Waals surface area contributed by atoms with Crippen LogP contribution < -0.4 is 5.32 Å². The zero-order valence-corrected chi connectivity index (χ0v) is 11.0. The van der Waals surface area contributed by atoms with Crippen molar-refractivity contribution in [1.82, 2.24) is 5.32 Å². The highest BCUT2D eigenvalue weighted by molar-refractivity contribution is 5.95. The van der Waals surface area contributed by atoms with E-state index >= 15 is 0 Å². The van der Waals surface area contributed by atoms with Crippen molar-refractivity contribution >= 4 is 11.6 Å². The first-order valence-electron chi connectivity index (χ1n) is 6.52. The number of hydrogen-bond acceptors (Lipinski definition) is 4. The Kier molecular flexibility index (Phi) is 4.46. The van der Waals surface area contributed by atoms with E-state index in [1.165, 1.54) is 0 Å². The minimum absolute atomic E-state index is 0.418. The van der Waals surface area contributed by atoms with E-state index in [0.717, 1.165) is 12.8 Å². The summed E-state index contributed by atoms with van der Waals surface area (Å²) in [6.45, 7) is 0. The second-order valence-corrected chi connectivity index (χ2v) is 4.98. The van der Waals surface area contributed by atoms with Gasteiger partial charge in [-0.1, -0.05) is 12.8 Å². The molecule has 2 rings (SSSR count). The van der Waals surface area contributed by atoms with Gasteiger partial charge >= 0.3 is 5.69 Å². The van der Waals surface area contributed by atoms with E-state index in [-0.39, 0.29) is 0 Å². The summed E-state index contributed by atoms with van der Waals surface area (Å²) in [6, 6.07) is 0.460. The molecule has 0 heterocycles. The number of hydrogen-bond donors (Lipinski definition) is 2. The van der Waals surface area contributed by atoms with E-state index in [1.54, 1.807) is 0 Å². The molecule has 0 aromatic heterocycles. The van der Waals surface area contributed by atoms with Gasteiger partial charge in [-0.2, -0.15) is 4.39 Å². The van der Waals surface area contributed by atoms with Crippen molar-refractivity contribution in [2.24, 2.45) is 0 Å². The Labute approximate surface area is 118 Å². The molecule has 0 radical (unpaired) electrons. The number of aliphatic hydroxyl groups excluding tert-OH is 1. The number of nitrogens with zero attached hydrogens (tertiary/aromatic N) is 1. The predicted octanol–water partition coefficient (Wildman–Crippen LogP) is 1.91. The maximum atomic E-state index is 13.9. The summed E-state index contributed by atoms with van der Waals surface area (Å²) in [6.07, 6.45) is 1.90. The number of carbonyl (C=O) groups is 1. The molecule has 0 bridgehead atoms. The Morgan fingerprint density at radius 1 is 1.33 bits per heavy atom. The van der Waals surface area contributed by atoms with Crippen LogP contribution in [0.5, 0.6) is 0 Å². The summed E-state index contributed by atoms with van der Waals surface area (Å²) >= 11 is 0. The Balaban J connectivity index is 2.24. The van der Waals surface area contributed by atoms with Gasteiger partial charge in [-0.3, -0.25) is 14.9 Å². The molecule has 1 fully saturated rings. The molecular weight excluding hydrogens is 286 g/mol. The summed E-state index contributed by atoms with van der Waals surface area (Å²) in [4.78, 5) is 21.5. The fourth-order valence-corrected chi connectivity index (χ4v) is 2.40. The van der Waals surface area contributed by atoms with Crippen molar-refractivity contribution in [3.8, 4) is 0 Å². The highest BCUT2D eigenvalue weighted by Crippen LogP contribution is 2.24. The molecule has 1 amide bonds. The van der Waals surface area contributed by atoms with Gasteiger partial charge in [0.25, 0.3) is 5.91 Å². The van der Waals surface area contributed by atoms with Crippen LogP contribution in [0.2, 0.25) is 0 Å². The minimum Gasteiger partial charge on any atom is -0.391 e. The molecule has 8 heteroatoms. The predicted molar refractivity (Wildman–Crippen MR) is 68.7 cm³/mol. The number of benzene rings is 1. The summed E-state index contributed by atoms with van der Waals surface area (Å²) in [7, 11) is 0. The first-order valence-corrected chi connectivity index (χ1v) is 6.52. The van der Waals surface area contributed by atoms with E-state index in [9.17, 15) is 28.8 Å². The fourth-order valence-electron chi connectivity index (χ4n) is 2.40. The SMILES string of the molecule is O=C(N[C@H]1CCCC[C@@H]1O)c1cc(F)cc([N+](=O)[O-])c1F. The molecular formula is C13H14F2N2O4. The van der Waals surface area contributed by atoms with Crippen molar-refractivity contribution < 1.29 is 23.6 Å². The molecule has 0 spiro atoms. The summed E-state index contributed by atoms with van der Waals surface area (Å²) in [5.74, 6) is -3.43. The molecule has 114 valence electrons. The van der Waals surface area contributed by atoms with E-state index < -0.39 is 45.9 Å². The van der Waals surface area contributed by atoms with Gasteiger partial charge in [0.15, 0.2) is 0 Å². The van der Waals surface area contributed by atoms with Gasteiger partial charge in [-0.15, -0.1) is 0 Å². The fraction of sp³-hybridized carbons (Fsp3) is 0.462. The Morgan fingerprint density at radius 2 is 2.00 bits per heavy atom. The molecule has 0 unspecified atom stereocenters. The number of nitrogens with one attached hydrogen (secondary N) is 1. The molecule has 0 saturated heterocycles. The van der Waals surface area contributed by atoms with Crippen LogP contribution in [0.1, 0.15) is 36.0 Å². The quantitative estimate of drug-likeness (QED) is 0.658. The van der Waals surface area contributed by atoms with Gasteiger partial charge in [0.2, 0.25) is 5.82 Å². The van der Waals surface area contributed by atoms with Crippen molar-refractivity contribution in [2.75, 3.05) is 0 Å². The Hall–Kier alpha value is -2.09. The lowest BCUT2D eigenvalue weighted by atomic mass is 9.92. The van der Waals surface area contributed by atoms with Crippen molar-refractivity contribution in [1.29, 1.82) is 0 Å². The smallest absolute Gasteiger partial charge is 0.308 e. The monoisotopic (exact) mass is 300 g/mol. The maximum absolute atomic E-state index is 13.9. The van der Waals surface area contributed by atoms with Crippen LogP contribution in [0.4, 0.5) is 14.5 Å². The number of rotatable bonds is 3. The molecule has 2 atom stereocenters.